The van der Waals surface area contributed by atoms with Crippen LogP contribution in [-0.2, 0) is 16.0 Å². The van der Waals surface area contributed by atoms with Crippen molar-refractivity contribution < 1.29 is 23.0 Å². The number of aromatic nitrogens is 1. The molecule has 0 aliphatic carbocycles. The van der Waals surface area contributed by atoms with Gasteiger partial charge in [0, 0.05) is 5.56 Å². The van der Waals surface area contributed by atoms with Crippen molar-refractivity contribution >= 4 is 28.6 Å². The molecular formula is C10H10F2INO3. The zero-order valence-electron chi connectivity index (χ0n) is 9.17. The maximum absolute atomic E-state index is 12.8. The lowest BCUT2D eigenvalue weighted by atomic mass is 10.1. The van der Waals surface area contributed by atoms with Crippen LogP contribution in [0.4, 0.5) is 8.78 Å². The monoisotopic (exact) mass is 357 g/mol. The van der Waals surface area contributed by atoms with Crippen LogP contribution in [0.25, 0.3) is 0 Å². The molecular weight excluding hydrogens is 347 g/mol. The van der Waals surface area contributed by atoms with Crippen molar-refractivity contribution in [3.8, 4) is 5.88 Å². The van der Waals surface area contributed by atoms with Crippen LogP contribution in [0.1, 0.15) is 17.7 Å². The van der Waals surface area contributed by atoms with Gasteiger partial charge in [-0.1, -0.05) is 0 Å². The van der Waals surface area contributed by atoms with E-state index in [0.717, 1.165) is 0 Å². The first-order valence-corrected chi connectivity index (χ1v) is 5.65. The molecule has 0 radical (unpaired) electrons. The summed E-state index contributed by atoms with van der Waals surface area (Å²) < 4.78 is 35.3. The fourth-order valence-electron chi connectivity index (χ4n) is 1.20. The topological polar surface area (TPSA) is 48.4 Å². The molecule has 7 heteroatoms. The number of nitrogens with zero attached hydrogens (tertiary/aromatic N) is 1. The highest BCUT2D eigenvalue weighted by Crippen LogP contribution is 2.28. The molecule has 0 aromatic carbocycles. The van der Waals surface area contributed by atoms with E-state index in [2.05, 4.69) is 9.72 Å². The second-order valence-corrected chi connectivity index (χ2v) is 4.23. The predicted octanol–water partition coefficient (Wildman–Crippen LogP) is 2.35. The van der Waals surface area contributed by atoms with Crippen LogP contribution in [0.5, 0.6) is 5.88 Å². The van der Waals surface area contributed by atoms with Crippen molar-refractivity contribution in [1.29, 1.82) is 0 Å². The number of pyridine rings is 1. The second-order valence-electron chi connectivity index (χ2n) is 3.07. The number of ether oxygens (including phenoxy) is 2. The van der Waals surface area contributed by atoms with Crippen molar-refractivity contribution in [1.82, 2.24) is 4.98 Å². The summed E-state index contributed by atoms with van der Waals surface area (Å²) in [6, 6.07) is 1.26. The van der Waals surface area contributed by atoms with Gasteiger partial charge in [-0.2, -0.15) is 0 Å². The van der Waals surface area contributed by atoms with Crippen molar-refractivity contribution in [2.75, 3.05) is 14.2 Å². The fraction of sp³-hybridized carbons (Fsp3) is 0.400. The molecule has 0 aliphatic heterocycles. The number of methoxy groups -OCH3 is 2. The molecule has 1 aromatic rings. The maximum atomic E-state index is 12.8. The summed E-state index contributed by atoms with van der Waals surface area (Å²) in [6.07, 6.45) is -3.00. The highest BCUT2D eigenvalue weighted by Gasteiger charge is 2.20. The molecule has 1 aromatic heterocycles. The van der Waals surface area contributed by atoms with Gasteiger partial charge in [0.2, 0.25) is 5.88 Å². The Labute approximate surface area is 110 Å². The predicted molar refractivity (Wildman–Crippen MR) is 64.2 cm³/mol. The van der Waals surface area contributed by atoms with Gasteiger partial charge < -0.3 is 9.47 Å². The van der Waals surface area contributed by atoms with E-state index in [4.69, 9.17) is 4.74 Å². The Bertz CT molecular complexity index is 426. The first-order chi connectivity index (χ1) is 7.99. The fourth-order valence-corrected chi connectivity index (χ4v) is 1.88. The molecule has 17 heavy (non-hydrogen) atoms. The zero-order chi connectivity index (χ0) is 13.0. The first-order valence-electron chi connectivity index (χ1n) is 4.57. The number of halogens is 3. The number of hydrogen-bond acceptors (Lipinski definition) is 4. The first kappa shape index (κ1) is 14.1. The minimum absolute atomic E-state index is 0.0240. The van der Waals surface area contributed by atoms with Crippen LogP contribution >= 0.6 is 22.6 Å². The molecule has 94 valence electrons. The van der Waals surface area contributed by atoms with Crippen molar-refractivity contribution in [3.05, 3.63) is 20.9 Å². The summed E-state index contributed by atoms with van der Waals surface area (Å²) in [6.45, 7) is 0. The van der Waals surface area contributed by atoms with Crippen molar-refractivity contribution in [2.24, 2.45) is 0 Å². The summed E-state index contributed by atoms with van der Waals surface area (Å²) in [4.78, 5) is 15.0. The average molecular weight is 357 g/mol. The average Bonchev–Trinajstić information content (AvgIpc) is 2.30. The molecule has 0 bridgehead atoms. The third-order valence-electron chi connectivity index (χ3n) is 2.02. The Kier molecular flexibility index (Phi) is 5.03. The molecule has 0 aliphatic rings. The van der Waals surface area contributed by atoms with Crippen LogP contribution in [-0.4, -0.2) is 25.2 Å². The number of carbonyl (C=O) groups is 1. The van der Waals surface area contributed by atoms with E-state index in [1.54, 1.807) is 0 Å². The quantitative estimate of drug-likeness (QED) is 0.613. The zero-order valence-corrected chi connectivity index (χ0v) is 11.3. The van der Waals surface area contributed by atoms with E-state index in [0.29, 0.717) is 3.57 Å². The van der Waals surface area contributed by atoms with Gasteiger partial charge in [0.25, 0.3) is 6.43 Å². The standard InChI is InChI=1S/C10H10F2INO3/c1-16-8(15)4-7-5(9(11)12)3-6(13)10(14-7)17-2/h3,9H,4H2,1-2H3. The van der Waals surface area contributed by atoms with Gasteiger partial charge in [0.05, 0.1) is 29.9 Å². The van der Waals surface area contributed by atoms with E-state index < -0.39 is 12.4 Å². The summed E-state index contributed by atoms with van der Waals surface area (Å²) in [5.41, 5.74) is -0.301. The lowest BCUT2D eigenvalue weighted by Gasteiger charge is -2.10. The van der Waals surface area contributed by atoms with E-state index in [9.17, 15) is 13.6 Å². The summed E-state index contributed by atoms with van der Waals surface area (Å²) in [5.74, 6) is -0.406. The van der Waals surface area contributed by atoms with Gasteiger partial charge in [-0.25, -0.2) is 13.8 Å². The molecule has 0 amide bonds. The van der Waals surface area contributed by atoms with Crippen molar-refractivity contribution in [2.45, 2.75) is 12.8 Å². The molecule has 0 N–H and O–H groups in total. The van der Waals surface area contributed by atoms with Gasteiger partial charge in [0.1, 0.15) is 0 Å². The third kappa shape index (κ3) is 3.48. The molecule has 1 heterocycles. The SMILES string of the molecule is COC(=O)Cc1nc(OC)c(I)cc1C(F)F. The molecule has 0 saturated heterocycles. The van der Waals surface area contributed by atoms with Gasteiger partial charge in [-0.3, -0.25) is 4.79 Å². The Morgan fingerprint density at radius 3 is 2.65 bits per heavy atom. The van der Waals surface area contributed by atoms with E-state index in [1.807, 2.05) is 22.6 Å². The van der Waals surface area contributed by atoms with Gasteiger partial charge in [-0.05, 0) is 28.7 Å². The van der Waals surface area contributed by atoms with Crippen LogP contribution in [0.3, 0.4) is 0 Å². The number of carbonyl (C=O) groups excluding carboxylic acids is 1. The van der Waals surface area contributed by atoms with Gasteiger partial charge in [0.15, 0.2) is 0 Å². The van der Waals surface area contributed by atoms with Crippen LogP contribution in [0.2, 0.25) is 0 Å². The van der Waals surface area contributed by atoms with E-state index in [-0.39, 0.29) is 23.6 Å². The molecule has 0 unspecified atom stereocenters. The second kappa shape index (κ2) is 6.08. The Morgan fingerprint density at radius 1 is 1.53 bits per heavy atom. The minimum Gasteiger partial charge on any atom is -0.480 e. The third-order valence-corrected chi connectivity index (χ3v) is 2.80. The smallest absolute Gasteiger partial charge is 0.311 e. The molecule has 4 nitrogen and oxygen atoms in total. The Balaban J connectivity index is 3.19. The highest BCUT2D eigenvalue weighted by atomic mass is 127. The highest BCUT2D eigenvalue weighted by molar-refractivity contribution is 14.1. The van der Waals surface area contributed by atoms with E-state index in [1.165, 1.54) is 20.3 Å². The number of hydrogen-bond donors (Lipinski definition) is 0. The number of rotatable bonds is 4. The maximum Gasteiger partial charge on any atom is 0.311 e. The summed E-state index contributed by atoms with van der Waals surface area (Å²) >= 11 is 1.84. The number of esters is 1. The van der Waals surface area contributed by atoms with Gasteiger partial charge in [-0.15, -0.1) is 0 Å². The molecule has 0 fully saturated rings. The minimum atomic E-state index is -2.69. The van der Waals surface area contributed by atoms with Crippen LogP contribution in [0.15, 0.2) is 6.07 Å². The molecule has 0 saturated carbocycles. The van der Waals surface area contributed by atoms with Crippen LogP contribution < -0.4 is 4.74 Å². The Hall–Kier alpha value is -0.990. The largest absolute Gasteiger partial charge is 0.480 e. The molecule has 1 rings (SSSR count). The summed E-state index contributed by atoms with van der Waals surface area (Å²) in [5, 5.41) is 0. The van der Waals surface area contributed by atoms with Crippen LogP contribution in [0, 0.1) is 3.57 Å². The lowest BCUT2D eigenvalue weighted by Crippen LogP contribution is -2.10. The van der Waals surface area contributed by atoms with E-state index >= 15 is 0 Å². The lowest BCUT2D eigenvalue weighted by molar-refractivity contribution is -0.139. The van der Waals surface area contributed by atoms with Gasteiger partial charge >= 0.3 is 5.97 Å². The summed E-state index contributed by atoms with van der Waals surface area (Å²) in [7, 11) is 2.57. The Morgan fingerprint density at radius 2 is 2.18 bits per heavy atom. The van der Waals surface area contributed by atoms with Crippen molar-refractivity contribution in [3.63, 3.8) is 0 Å². The normalized spacial score (nSPS) is 10.5. The molecule has 0 atom stereocenters. The molecule has 0 spiro atoms. The number of alkyl halides is 2.